The van der Waals surface area contributed by atoms with Crippen LogP contribution in [0.1, 0.15) is 19.8 Å². The zero-order valence-corrected chi connectivity index (χ0v) is 6.25. The molecule has 0 fully saturated rings. The Labute approximate surface area is 58.8 Å². The maximum Gasteiger partial charge on any atom is 0 e. The van der Waals surface area contributed by atoms with Crippen molar-refractivity contribution in [2.24, 2.45) is 0 Å². The van der Waals surface area contributed by atoms with Crippen molar-refractivity contribution in [2.75, 3.05) is 0 Å². The maximum absolute atomic E-state index is 3.67. The minimum atomic E-state index is 0. The molecule has 0 aliphatic rings. The summed E-state index contributed by atoms with van der Waals surface area (Å²) in [6, 6.07) is 0. The molecule has 0 rings (SSSR count). The van der Waals surface area contributed by atoms with Crippen LogP contribution in [-0.2, 0) is 19.5 Å². The van der Waals surface area contributed by atoms with E-state index >= 15 is 0 Å². The summed E-state index contributed by atoms with van der Waals surface area (Å²) in [4.78, 5) is 0. The third-order valence-corrected chi connectivity index (χ3v) is 0.606. The Morgan fingerprint density at radius 1 is 1.57 bits per heavy atom. The molecule has 1 radical (unpaired) electrons. The molecule has 1 heteroatoms. The second kappa shape index (κ2) is 9.61. The molecule has 7 heavy (non-hydrogen) atoms. The van der Waals surface area contributed by atoms with Gasteiger partial charge in [0.1, 0.15) is 0 Å². The van der Waals surface area contributed by atoms with Crippen molar-refractivity contribution in [1.29, 1.82) is 0 Å². The molecule has 0 aliphatic carbocycles. The Morgan fingerprint density at radius 3 is 2.29 bits per heavy atom. The number of hydrogen-bond acceptors (Lipinski definition) is 0. The van der Waals surface area contributed by atoms with Gasteiger partial charge in [-0.25, -0.2) is 0 Å². The van der Waals surface area contributed by atoms with E-state index in [0.29, 0.717) is 0 Å². The van der Waals surface area contributed by atoms with E-state index in [1.165, 1.54) is 0 Å². The summed E-state index contributed by atoms with van der Waals surface area (Å²) in [6.45, 7) is 5.70. The second-order valence-electron chi connectivity index (χ2n) is 1.21. The van der Waals surface area contributed by atoms with Gasteiger partial charge in [0.25, 0.3) is 0 Å². The van der Waals surface area contributed by atoms with Crippen molar-refractivity contribution in [3.63, 3.8) is 0 Å². The summed E-state index contributed by atoms with van der Waals surface area (Å²) < 4.78 is 0. The number of unbranched alkanes of at least 4 members (excludes halogenated alkanes) is 1. The molecule has 0 saturated heterocycles. The van der Waals surface area contributed by atoms with Crippen molar-refractivity contribution in [2.45, 2.75) is 19.8 Å². The van der Waals surface area contributed by atoms with Crippen LogP contribution in [0.4, 0.5) is 0 Å². The van der Waals surface area contributed by atoms with Crippen LogP contribution in [-0.4, -0.2) is 0 Å². The third-order valence-electron chi connectivity index (χ3n) is 0.606. The van der Waals surface area contributed by atoms with E-state index in [1.54, 1.807) is 0 Å². The van der Waals surface area contributed by atoms with E-state index in [2.05, 4.69) is 13.0 Å². The topological polar surface area (TPSA) is 0 Å². The molecule has 0 aromatic carbocycles. The van der Waals surface area contributed by atoms with Gasteiger partial charge in [-0.2, -0.15) is 6.42 Å². The number of hydrogen-bond donors (Lipinski definition) is 0. The average Bonchev–Trinajstić information content (AvgIpc) is 1.61. The van der Waals surface area contributed by atoms with Crippen molar-refractivity contribution in [3.8, 4) is 0 Å². The zero-order chi connectivity index (χ0) is 4.83. The SMILES string of the molecule is [CH2-]CCC=CC.[Rh]. The van der Waals surface area contributed by atoms with Crippen molar-refractivity contribution in [1.82, 2.24) is 0 Å². The average molecular weight is 186 g/mol. The molecule has 0 atom stereocenters. The number of rotatable bonds is 2. The predicted octanol–water partition coefficient (Wildman–Crippen LogP) is 2.17. The van der Waals surface area contributed by atoms with E-state index in [0.717, 1.165) is 12.8 Å². The second-order valence-corrected chi connectivity index (χ2v) is 1.21. The fourth-order valence-corrected chi connectivity index (χ4v) is 0.285. The third kappa shape index (κ3) is 10.7. The van der Waals surface area contributed by atoms with Gasteiger partial charge in [0.05, 0.1) is 0 Å². The van der Waals surface area contributed by atoms with Gasteiger partial charge in [-0.1, -0.05) is 18.6 Å². The van der Waals surface area contributed by atoms with Gasteiger partial charge in [-0.05, 0) is 6.92 Å². The molecule has 0 saturated carbocycles. The quantitative estimate of drug-likeness (QED) is 0.352. The minimum absolute atomic E-state index is 0. The van der Waals surface area contributed by atoms with Crippen LogP contribution in [0.5, 0.6) is 0 Å². The van der Waals surface area contributed by atoms with Crippen molar-refractivity contribution < 1.29 is 19.5 Å². The van der Waals surface area contributed by atoms with Crippen LogP contribution in [0.25, 0.3) is 0 Å². The van der Waals surface area contributed by atoms with Crippen LogP contribution in [0.15, 0.2) is 12.2 Å². The molecule has 0 heterocycles. The van der Waals surface area contributed by atoms with Crippen LogP contribution in [0.2, 0.25) is 0 Å². The predicted molar refractivity (Wildman–Crippen MR) is 29.4 cm³/mol. The van der Waals surface area contributed by atoms with Gasteiger partial charge >= 0.3 is 0 Å². The van der Waals surface area contributed by atoms with E-state index < -0.39 is 0 Å². The van der Waals surface area contributed by atoms with Gasteiger partial charge < -0.3 is 6.92 Å². The number of allylic oxidation sites excluding steroid dienone is 2. The summed E-state index contributed by atoms with van der Waals surface area (Å²) in [5.74, 6) is 0. The first-order chi connectivity index (χ1) is 2.91. The summed E-state index contributed by atoms with van der Waals surface area (Å²) in [5.41, 5.74) is 0. The van der Waals surface area contributed by atoms with E-state index in [9.17, 15) is 0 Å². The van der Waals surface area contributed by atoms with Gasteiger partial charge in [0.2, 0.25) is 0 Å². The molecule has 0 bridgehead atoms. The Bertz CT molecular complexity index is 39.4. The summed E-state index contributed by atoms with van der Waals surface area (Å²) in [7, 11) is 0. The van der Waals surface area contributed by atoms with E-state index in [-0.39, 0.29) is 19.5 Å². The summed E-state index contributed by atoms with van der Waals surface area (Å²) in [5, 5.41) is 0. The summed E-state index contributed by atoms with van der Waals surface area (Å²) >= 11 is 0. The molecular weight excluding hydrogens is 175 g/mol. The molecule has 0 spiro atoms. The van der Waals surface area contributed by atoms with Gasteiger partial charge in [-0.15, -0.1) is 0 Å². The smallest absolute Gasteiger partial charge is 0 e. The van der Waals surface area contributed by atoms with Crippen molar-refractivity contribution in [3.05, 3.63) is 19.1 Å². The molecular formula is C6H11Rh-. The zero-order valence-electron chi connectivity index (χ0n) is 4.61. The Kier molecular flexibility index (Phi) is 14.2. The maximum atomic E-state index is 3.67. The van der Waals surface area contributed by atoms with Gasteiger partial charge in [0, 0.05) is 19.5 Å². The van der Waals surface area contributed by atoms with Crippen molar-refractivity contribution >= 4 is 0 Å². The van der Waals surface area contributed by atoms with Crippen LogP contribution in [0.3, 0.4) is 0 Å². The van der Waals surface area contributed by atoms with E-state index in [1.807, 2.05) is 13.0 Å². The van der Waals surface area contributed by atoms with E-state index in [4.69, 9.17) is 0 Å². The first kappa shape index (κ1) is 10.4. The Morgan fingerprint density at radius 2 is 2.14 bits per heavy atom. The largest absolute Gasteiger partial charge is 0.343 e. The summed E-state index contributed by atoms with van der Waals surface area (Å²) in [6.07, 6.45) is 6.30. The fourth-order valence-electron chi connectivity index (χ4n) is 0.285. The molecule has 45 valence electrons. The molecule has 0 nitrogen and oxygen atoms in total. The molecule has 0 aromatic heterocycles. The first-order valence-corrected chi connectivity index (χ1v) is 2.32. The Hall–Kier alpha value is 0.363. The molecule has 0 amide bonds. The van der Waals surface area contributed by atoms with Crippen LogP contribution >= 0.6 is 0 Å². The minimum Gasteiger partial charge on any atom is -0.343 e. The standard InChI is InChI=1S/C6H11.Rh/c1-3-5-6-4-2;/h4,6H,1,3,5H2,2H3;/q-1;. The fraction of sp³-hybridized carbons (Fsp3) is 0.500. The first-order valence-electron chi connectivity index (χ1n) is 2.32. The molecule has 0 aromatic rings. The van der Waals surface area contributed by atoms with Crippen LogP contribution < -0.4 is 0 Å². The van der Waals surface area contributed by atoms with Crippen LogP contribution in [0, 0.1) is 6.92 Å². The molecule has 0 aliphatic heterocycles. The molecule has 0 N–H and O–H groups in total. The normalized spacial score (nSPS) is 8.86. The Balaban J connectivity index is 0. The monoisotopic (exact) mass is 186 g/mol. The van der Waals surface area contributed by atoms with Gasteiger partial charge in [0.15, 0.2) is 0 Å². The molecule has 0 unspecified atom stereocenters. The van der Waals surface area contributed by atoms with Gasteiger partial charge in [-0.3, -0.25) is 0 Å².